The molecule has 1 unspecified atom stereocenters. The molecule has 0 spiro atoms. The van der Waals surface area contributed by atoms with E-state index in [4.69, 9.17) is 10.5 Å². The summed E-state index contributed by atoms with van der Waals surface area (Å²) in [6.07, 6.45) is 0. The van der Waals surface area contributed by atoms with Gasteiger partial charge in [-0.3, -0.25) is 4.79 Å². The lowest BCUT2D eigenvalue weighted by Crippen LogP contribution is -2.25. The summed E-state index contributed by atoms with van der Waals surface area (Å²) in [6.45, 7) is 2.04. The second-order valence-corrected chi connectivity index (χ2v) is 3.90. The molecular formula is C10H12BrNO2. The van der Waals surface area contributed by atoms with Gasteiger partial charge in [0.2, 0.25) is 5.91 Å². The number of carbonyl (C=O) groups excluding carboxylic acids is 1. The Kier molecular flexibility index (Phi) is 3.95. The largest absolute Gasteiger partial charge is 0.492 e. The van der Waals surface area contributed by atoms with Crippen molar-refractivity contribution < 1.29 is 9.53 Å². The standard InChI is InChI=1S/C10H12BrNO2/c1-7(10(12)13)6-14-9-5-3-2-4-8(9)11/h2-5,7H,6H2,1H3,(H2,12,13). The topological polar surface area (TPSA) is 52.3 Å². The van der Waals surface area contributed by atoms with Gasteiger partial charge in [-0.25, -0.2) is 0 Å². The lowest BCUT2D eigenvalue weighted by Gasteiger charge is -2.10. The molecule has 1 amide bonds. The van der Waals surface area contributed by atoms with Crippen molar-refractivity contribution in [1.29, 1.82) is 0 Å². The fourth-order valence-electron chi connectivity index (χ4n) is 0.859. The van der Waals surface area contributed by atoms with Crippen molar-refractivity contribution in [3.8, 4) is 5.75 Å². The third-order valence-electron chi connectivity index (χ3n) is 1.81. The van der Waals surface area contributed by atoms with Crippen LogP contribution in [-0.2, 0) is 4.79 Å². The van der Waals surface area contributed by atoms with Crippen molar-refractivity contribution in [3.63, 3.8) is 0 Å². The number of benzene rings is 1. The van der Waals surface area contributed by atoms with E-state index in [1.165, 1.54) is 0 Å². The molecule has 2 N–H and O–H groups in total. The summed E-state index contributed by atoms with van der Waals surface area (Å²) < 4.78 is 6.28. The van der Waals surface area contributed by atoms with Crippen LogP contribution in [0.1, 0.15) is 6.92 Å². The molecule has 1 aromatic rings. The first kappa shape index (κ1) is 11.0. The van der Waals surface area contributed by atoms with Crippen LogP contribution >= 0.6 is 15.9 Å². The van der Waals surface area contributed by atoms with E-state index < -0.39 is 0 Å². The number of halogens is 1. The summed E-state index contributed by atoms with van der Waals surface area (Å²) in [4.78, 5) is 10.7. The normalized spacial score (nSPS) is 12.1. The van der Waals surface area contributed by atoms with E-state index in [9.17, 15) is 4.79 Å². The number of rotatable bonds is 4. The van der Waals surface area contributed by atoms with Gasteiger partial charge in [0.05, 0.1) is 17.0 Å². The zero-order valence-electron chi connectivity index (χ0n) is 7.87. The summed E-state index contributed by atoms with van der Waals surface area (Å²) in [5.41, 5.74) is 5.11. The smallest absolute Gasteiger partial charge is 0.223 e. The third-order valence-corrected chi connectivity index (χ3v) is 2.47. The molecule has 0 aliphatic heterocycles. The molecule has 0 radical (unpaired) electrons. The molecule has 0 saturated carbocycles. The van der Waals surface area contributed by atoms with Crippen molar-refractivity contribution >= 4 is 21.8 Å². The molecule has 76 valence electrons. The first-order chi connectivity index (χ1) is 6.61. The van der Waals surface area contributed by atoms with Crippen LogP contribution in [0.5, 0.6) is 5.75 Å². The Hall–Kier alpha value is -1.03. The van der Waals surface area contributed by atoms with Crippen LogP contribution in [0.3, 0.4) is 0 Å². The minimum absolute atomic E-state index is 0.276. The van der Waals surface area contributed by atoms with Gasteiger partial charge in [0, 0.05) is 0 Å². The summed E-state index contributed by atoms with van der Waals surface area (Å²) >= 11 is 3.34. The van der Waals surface area contributed by atoms with E-state index in [2.05, 4.69) is 15.9 Å². The van der Waals surface area contributed by atoms with Gasteiger partial charge < -0.3 is 10.5 Å². The highest BCUT2D eigenvalue weighted by Gasteiger charge is 2.09. The fraction of sp³-hybridized carbons (Fsp3) is 0.300. The number of nitrogens with two attached hydrogens (primary N) is 1. The van der Waals surface area contributed by atoms with Crippen molar-refractivity contribution in [2.75, 3.05) is 6.61 Å². The zero-order valence-corrected chi connectivity index (χ0v) is 9.45. The number of carbonyl (C=O) groups is 1. The van der Waals surface area contributed by atoms with Gasteiger partial charge in [-0.15, -0.1) is 0 Å². The summed E-state index contributed by atoms with van der Waals surface area (Å²) in [5, 5.41) is 0. The molecule has 0 aliphatic rings. The molecular weight excluding hydrogens is 246 g/mol. The van der Waals surface area contributed by atoms with Crippen LogP contribution in [0.2, 0.25) is 0 Å². The number of primary amides is 1. The summed E-state index contributed by atoms with van der Waals surface area (Å²) in [6, 6.07) is 7.48. The Morgan fingerprint density at radius 1 is 1.57 bits per heavy atom. The van der Waals surface area contributed by atoms with Crippen LogP contribution in [0, 0.1) is 5.92 Å². The Bertz CT molecular complexity index is 328. The Labute approximate surface area is 91.4 Å². The van der Waals surface area contributed by atoms with E-state index in [1.807, 2.05) is 24.3 Å². The minimum atomic E-state index is -0.350. The van der Waals surface area contributed by atoms with Crippen molar-refractivity contribution in [1.82, 2.24) is 0 Å². The number of ether oxygens (including phenoxy) is 1. The maximum atomic E-state index is 10.7. The van der Waals surface area contributed by atoms with Crippen LogP contribution in [-0.4, -0.2) is 12.5 Å². The highest BCUT2D eigenvalue weighted by atomic mass is 79.9. The van der Waals surface area contributed by atoms with Gasteiger partial charge in [0.15, 0.2) is 0 Å². The molecule has 0 fully saturated rings. The van der Waals surface area contributed by atoms with E-state index >= 15 is 0 Å². The molecule has 0 aliphatic carbocycles. The molecule has 1 aromatic carbocycles. The molecule has 1 atom stereocenters. The molecule has 0 heterocycles. The number of hydrogen-bond donors (Lipinski definition) is 1. The molecule has 0 aromatic heterocycles. The number of para-hydroxylation sites is 1. The van der Waals surface area contributed by atoms with Crippen molar-refractivity contribution in [3.05, 3.63) is 28.7 Å². The second-order valence-electron chi connectivity index (χ2n) is 3.04. The first-order valence-corrected chi connectivity index (χ1v) is 5.07. The SMILES string of the molecule is CC(COc1ccccc1Br)C(N)=O. The average molecular weight is 258 g/mol. The molecule has 4 heteroatoms. The Morgan fingerprint density at radius 3 is 2.79 bits per heavy atom. The average Bonchev–Trinajstić information content (AvgIpc) is 2.16. The van der Waals surface area contributed by atoms with Gasteiger partial charge in [0.25, 0.3) is 0 Å². The second kappa shape index (κ2) is 5.00. The quantitative estimate of drug-likeness (QED) is 0.897. The number of amides is 1. The van der Waals surface area contributed by atoms with Gasteiger partial charge in [0.1, 0.15) is 5.75 Å². The molecule has 0 saturated heterocycles. The summed E-state index contributed by atoms with van der Waals surface area (Å²) in [5.74, 6) is 0.0970. The molecule has 14 heavy (non-hydrogen) atoms. The van der Waals surface area contributed by atoms with Gasteiger partial charge in [-0.2, -0.15) is 0 Å². The van der Waals surface area contributed by atoms with Gasteiger partial charge in [-0.1, -0.05) is 19.1 Å². The lowest BCUT2D eigenvalue weighted by molar-refractivity contribution is -0.122. The first-order valence-electron chi connectivity index (χ1n) is 4.28. The van der Waals surface area contributed by atoms with Crippen LogP contribution in [0.4, 0.5) is 0 Å². The highest BCUT2D eigenvalue weighted by molar-refractivity contribution is 9.10. The van der Waals surface area contributed by atoms with Gasteiger partial charge >= 0.3 is 0 Å². The van der Waals surface area contributed by atoms with Crippen LogP contribution in [0.15, 0.2) is 28.7 Å². The Morgan fingerprint density at radius 2 is 2.21 bits per heavy atom. The van der Waals surface area contributed by atoms with Crippen molar-refractivity contribution in [2.45, 2.75) is 6.92 Å². The molecule has 0 bridgehead atoms. The van der Waals surface area contributed by atoms with Crippen LogP contribution in [0.25, 0.3) is 0 Å². The predicted octanol–water partition coefficient (Wildman–Crippen LogP) is 1.95. The Balaban J connectivity index is 2.54. The van der Waals surface area contributed by atoms with E-state index in [0.29, 0.717) is 6.61 Å². The number of hydrogen-bond acceptors (Lipinski definition) is 2. The summed E-state index contributed by atoms with van der Waals surface area (Å²) in [7, 11) is 0. The monoisotopic (exact) mass is 257 g/mol. The third kappa shape index (κ3) is 3.03. The maximum absolute atomic E-state index is 10.7. The van der Waals surface area contributed by atoms with E-state index in [1.54, 1.807) is 6.92 Å². The van der Waals surface area contributed by atoms with Gasteiger partial charge in [-0.05, 0) is 28.1 Å². The fourth-order valence-corrected chi connectivity index (χ4v) is 1.26. The highest BCUT2D eigenvalue weighted by Crippen LogP contribution is 2.24. The maximum Gasteiger partial charge on any atom is 0.223 e. The zero-order chi connectivity index (χ0) is 10.6. The minimum Gasteiger partial charge on any atom is -0.492 e. The predicted molar refractivity (Wildman–Crippen MR) is 58.0 cm³/mol. The van der Waals surface area contributed by atoms with E-state index in [-0.39, 0.29) is 11.8 Å². The molecule has 3 nitrogen and oxygen atoms in total. The lowest BCUT2D eigenvalue weighted by atomic mass is 10.2. The van der Waals surface area contributed by atoms with E-state index in [0.717, 1.165) is 10.2 Å². The van der Waals surface area contributed by atoms with Crippen molar-refractivity contribution in [2.24, 2.45) is 11.7 Å². The molecule has 1 rings (SSSR count). The van der Waals surface area contributed by atoms with Crippen LogP contribution < -0.4 is 10.5 Å².